The average molecular weight is 490 g/mol. The number of hydrogen-bond donors (Lipinski definition) is 2. The standard InChI is InChI=1S/C29H31NO6/c1-34-22-13-9-19(10-14-22)29(20-11-15-23(35-2)16-12-20)30-27(31)17-21-5-3-7-25-24(21)6-4-8-26(25)36-18-28(32)33/h4,6,8-16,21,29H,3,5,7,17-18H2,1-2H3,(H,30,31)(H,32,33). The number of ether oxygens (including phenoxy) is 3. The van der Waals surface area contributed by atoms with E-state index in [1.54, 1.807) is 20.3 Å². The molecule has 0 saturated heterocycles. The molecule has 2 N–H and O–H groups in total. The van der Waals surface area contributed by atoms with Gasteiger partial charge in [-0.1, -0.05) is 36.4 Å². The van der Waals surface area contributed by atoms with E-state index in [9.17, 15) is 9.59 Å². The number of rotatable bonds is 10. The van der Waals surface area contributed by atoms with Crippen LogP contribution in [0.3, 0.4) is 0 Å². The predicted molar refractivity (Wildman–Crippen MR) is 136 cm³/mol. The van der Waals surface area contributed by atoms with Gasteiger partial charge in [-0.25, -0.2) is 4.79 Å². The van der Waals surface area contributed by atoms with Crippen LogP contribution in [0.25, 0.3) is 0 Å². The van der Waals surface area contributed by atoms with Crippen molar-refractivity contribution >= 4 is 11.9 Å². The molecule has 0 radical (unpaired) electrons. The summed E-state index contributed by atoms with van der Waals surface area (Å²) in [5.41, 5.74) is 3.96. The number of hydrogen-bond acceptors (Lipinski definition) is 5. The highest BCUT2D eigenvalue weighted by atomic mass is 16.5. The predicted octanol–water partition coefficient (Wildman–Crippen LogP) is 4.88. The van der Waals surface area contributed by atoms with E-state index < -0.39 is 5.97 Å². The van der Waals surface area contributed by atoms with Crippen LogP contribution in [0.5, 0.6) is 17.2 Å². The largest absolute Gasteiger partial charge is 0.497 e. The Morgan fingerprint density at radius 1 is 0.944 bits per heavy atom. The maximum absolute atomic E-state index is 13.4. The van der Waals surface area contributed by atoms with Crippen LogP contribution < -0.4 is 19.5 Å². The fourth-order valence-electron chi connectivity index (χ4n) is 4.80. The Morgan fingerprint density at radius 3 is 2.11 bits per heavy atom. The van der Waals surface area contributed by atoms with E-state index >= 15 is 0 Å². The zero-order chi connectivity index (χ0) is 25.5. The molecule has 3 aromatic rings. The van der Waals surface area contributed by atoms with Crippen LogP contribution in [0, 0.1) is 0 Å². The third-order valence-corrected chi connectivity index (χ3v) is 6.58. The van der Waals surface area contributed by atoms with Crippen molar-refractivity contribution in [1.29, 1.82) is 0 Å². The summed E-state index contributed by atoms with van der Waals surface area (Å²) in [4.78, 5) is 24.3. The van der Waals surface area contributed by atoms with Gasteiger partial charge in [0, 0.05) is 6.42 Å². The summed E-state index contributed by atoms with van der Waals surface area (Å²) >= 11 is 0. The molecule has 0 aliphatic heterocycles. The second-order valence-electron chi connectivity index (χ2n) is 8.85. The van der Waals surface area contributed by atoms with Gasteiger partial charge >= 0.3 is 5.97 Å². The van der Waals surface area contributed by atoms with Crippen LogP contribution in [0.1, 0.15) is 53.5 Å². The minimum Gasteiger partial charge on any atom is -0.497 e. The third-order valence-electron chi connectivity index (χ3n) is 6.58. The molecule has 7 heteroatoms. The van der Waals surface area contributed by atoms with Gasteiger partial charge < -0.3 is 24.6 Å². The number of benzene rings is 3. The van der Waals surface area contributed by atoms with Crippen LogP contribution in [0.4, 0.5) is 0 Å². The Balaban J connectivity index is 1.54. The molecule has 36 heavy (non-hydrogen) atoms. The van der Waals surface area contributed by atoms with Crippen LogP contribution in [-0.2, 0) is 16.0 Å². The van der Waals surface area contributed by atoms with E-state index in [1.807, 2.05) is 60.7 Å². The van der Waals surface area contributed by atoms with Crippen molar-refractivity contribution in [3.05, 3.63) is 89.0 Å². The van der Waals surface area contributed by atoms with Gasteiger partial charge in [0.25, 0.3) is 0 Å². The van der Waals surface area contributed by atoms with Gasteiger partial charge in [0.1, 0.15) is 17.2 Å². The summed E-state index contributed by atoms with van der Waals surface area (Å²) in [6.45, 7) is -0.382. The molecule has 0 heterocycles. The highest BCUT2D eigenvalue weighted by Crippen LogP contribution is 2.38. The second-order valence-corrected chi connectivity index (χ2v) is 8.85. The van der Waals surface area contributed by atoms with Crippen LogP contribution in [-0.4, -0.2) is 37.8 Å². The quantitative estimate of drug-likeness (QED) is 0.421. The van der Waals surface area contributed by atoms with Gasteiger partial charge in [-0.3, -0.25) is 4.79 Å². The Morgan fingerprint density at radius 2 is 1.56 bits per heavy atom. The molecule has 4 rings (SSSR count). The second kappa shape index (κ2) is 11.6. The molecule has 3 aromatic carbocycles. The van der Waals surface area contributed by atoms with Crippen molar-refractivity contribution in [2.24, 2.45) is 0 Å². The molecule has 0 spiro atoms. The Kier molecular flexibility index (Phi) is 8.10. The van der Waals surface area contributed by atoms with Gasteiger partial charge in [0.15, 0.2) is 6.61 Å². The summed E-state index contributed by atoms with van der Waals surface area (Å²) in [5.74, 6) is 1.06. The molecule has 0 saturated carbocycles. The summed E-state index contributed by atoms with van der Waals surface area (Å²) in [7, 11) is 3.25. The van der Waals surface area contributed by atoms with Crippen molar-refractivity contribution in [3.63, 3.8) is 0 Å². The SMILES string of the molecule is COc1ccc(C(NC(=O)CC2CCCc3c(OCC(=O)O)cccc32)c2ccc(OC)cc2)cc1. The first-order valence-electron chi connectivity index (χ1n) is 12.0. The first kappa shape index (κ1) is 25.1. The molecule has 1 amide bonds. The molecule has 0 fully saturated rings. The highest BCUT2D eigenvalue weighted by Gasteiger charge is 2.26. The monoisotopic (exact) mass is 489 g/mol. The van der Waals surface area contributed by atoms with E-state index in [2.05, 4.69) is 5.32 Å². The number of amides is 1. The van der Waals surface area contributed by atoms with Gasteiger partial charge in [0.2, 0.25) is 5.91 Å². The van der Waals surface area contributed by atoms with Gasteiger partial charge in [0.05, 0.1) is 20.3 Å². The minimum absolute atomic E-state index is 0.0366. The molecule has 188 valence electrons. The maximum Gasteiger partial charge on any atom is 0.341 e. The Labute approximate surface area is 211 Å². The number of carbonyl (C=O) groups excluding carboxylic acids is 1. The van der Waals surface area contributed by atoms with Crippen molar-refractivity contribution in [2.45, 2.75) is 37.6 Å². The third kappa shape index (κ3) is 5.97. The zero-order valence-corrected chi connectivity index (χ0v) is 20.5. The van der Waals surface area contributed by atoms with Gasteiger partial charge in [-0.05, 0) is 77.8 Å². The first-order valence-corrected chi connectivity index (χ1v) is 12.0. The van der Waals surface area contributed by atoms with Crippen molar-refractivity contribution in [1.82, 2.24) is 5.32 Å². The minimum atomic E-state index is -1.01. The zero-order valence-electron chi connectivity index (χ0n) is 20.5. The van der Waals surface area contributed by atoms with Gasteiger partial charge in [-0.15, -0.1) is 0 Å². The molecule has 0 aromatic heterocycles. The normalized spacial score (nSPS) is 14.6. The molecule has 0 bridgehead atoms. The molecular formula is C29H31NO6. The molecule has 1 aliphatic rings. The van der Waals surface area contributed by atoms with Crippen LogP contribution >= 0.6 is 0 Å². The van der Waals surface area contributed by atoms with E-state index in [0.29, 0.717) is 12.2 Å². The number of carboxylic acid groups (broad SMARTS) is 1. The lowest BCUT2D eigenvalue weighted by Gasteiger charge is -2.28. The molecule has 1 atom stereocenters. The number of aliphatic carboxylic acids is 1. The van der Waals surface area contributed by atoms with Gasteiger partial charge in [-0.2, -0.15) is 0 Å². The fraction of sp³-hybridized carbons (Fsp3) is 0.310. The smallest absolute Gasteiger partial charge is 0.341 e. The molecular weight excluding hydrogens is 458 g/mol. The summed E-state index contributed by atoms with van der Waals surface area (Å²) in [6.07, 6.45) is 2.94. The highest BCUT2D eigenvalue weighted by molar-refractivity contribution is 5.78. The first-order chi connectivity index (χ1) is 17.5. The van der Waals surface area contributed by atoms with E-state index in [-0.39, 0.29) is 24.5 Å². The molecule has 1 aliphatic carbocycles. The topological polar surface area (TPSA) is 94.1 Å². The summed E-state index contributed by atoms with van der Waals surface area (Å²) in [5, 5.41) is 12.2. The molecule has 7 nitrogen and oxygen atoms in total. The van der Waals surface area contributed by atoms with Crippen molar-refractivity contribution in [2.75, 3.05) is 20.8 Å². The Bertz CT molecular complexity index is 1140. The summed E-state index contributed by atoms with van der Waals surface area (Å²) in [6, 6.07) is 20.7. The maximum atomic E-state index is 13.4. The molecule has 1 unspecified atom stereocenters. The average Bonchev–Trinajstić information content (AvgIpc) is 2.91. The lowest BCUT2D eigenvalue weighted by molar-refractivity contribution is -0.139. The number of carboxylic acids is 1. The van der Waals surface area contributed by atoms with Crippen LogP contribution in [0.15, 0.2) is 66.7 Å². The number of nitrogens with one attached hydrogen (secondary N) is 1. The van der Waals surface area contributed by atoms with E-state index in [4.69, 9.17) is 19.3 Å². The number of fused-ring (bicyclic) bond motifs is 1. The van der Waals surface area contributed by atoms with Crippen molar-refractivity contribution < 1.29 is 28.9 Å². The van der Waals surface area contributed by atoms with E-state index in [1.165, 1.54) is 0 Å². The summed E-state index contributed by atoms with van der Waals surface area (Å²) < 4.78 is 16.1. The van der Waals surface area contributed by atoms with E-state index in [0.717, 1.165) is 53.0 Å². The van der Waals surface area contributed by atoms with Crippen LogP contribution in [0.2, 0.25) is 0 Å². The fourth-order valence-corrected chi connectivity index (χ4v) is 4.80. The number of carbonyl (C=O) groups is 2. The lowest BCUT2D eigenvalue weighted by Crippen LogP contribution is -2.31. The Hall–Kier alpha value is -4.00. The lowest BCUT2D eigenvalue weighted by atomic mass is 9.80. The van der Waals surface area contributed by atoms with Crippen molar-refractivity contribution in [3.8, 4) is 17.2 Å². The number of methoxy groups -OCH3 is 2.